The van der Waals surface area contributed by atoms with Crippen LogP contribution in [0.3, 0.4) is 0 Å². The maximum atomic E-state index is 6.36. The van der Waals surface area contributed by atoms with Crippen LogP contribution in [-0.2, 0) is 0 Å². The van der Waals surface area contributed by atoms with Crippen LogP contribution in [0.4, 0.5) is 0 Å². The predicted molar refractivity (Wildman–Crippen MR) is 84.0 cm³/mol. The molecule has 1 atom stereocenters. The molecule has 3 heteroatoms. The second-order valence-corrected chi connectivity index (χ2v) is 5.29. The van der Waals surface area contributed by atoms with Gasteiger partial charge in [0.1, 0.15) is 0 Å². The lowest BCUT2D eigenvalue weighted by atomic mass is 9.97. The van der Waals surface area contributed by atoms with Gasteiger partial charge in [0.15, 0.2) is 0 Å². The number of nitrogens with two attached hydrogens (primary N) is 1. The maximum Gasteiger partial charge on any atom is 0.0705 e. The molecule has 100 valence electrons. The summed E-state index contributed by atoms with van der Waals surface area (Å²) in [5.41, 5.74) is 10.3. The van der Waals surface area contributed by atoms with Crippen molar-refractivity contribution in [2.24, 2.45) is 5.73 Å². The Labute approximate surface area is 123 Å². The highest BCUT2D eigenvalue weighted by Gasteiger charge is 2.14. The van der Waals surface area contributed by atoms with Crippen molar-refractivity contribution < 1.29 is 0 Å². The molecule has 2 nitrogen and oxygen atoms in total. The Morgan fingerprint density at radius 3 is 2.80 bits per heavy atom. The molecular formula is C17H15ClN2. The topological polar surface area (TPSA) is 38.9 Å². The van der Waals surface area contributed by atoms with Crippen molar-refractivity contribution in [3.63, 3.8) is 0 Å². The van der Waals surface area contributed by atoms with Crippen molar-refractivity contribution in [3.8, 4) is 0 Å². The first kappa shape index (κ1) is 13.1. The van der Waals surface area contributed by atoms with Crippen LogP contribution in [0.1, 0.15) is 22.7 Å². The Hall–Kier alpha value is -1.90. The number of pyridine rings is 1. The fourth-order valence-electron chi connectivity index (χ4n) is 2.37. The highest BCUT2D eigenvalue weighted by molar-refractivity contribution is 6.32. The first-order valence-corrected chi connectivity index (χ1v) is 6.90. The van der Waals surface area contributed by atoms with Gasteiger partial charge in [0.25, 0.3) is 0 Å². The Balaban J connectivity index is 2.08. The van der Waals surface area contributed by atoms with Crippen LogP contribution in [-0.4, -0.2) is 4.98 Å². The number of aromatic nitrogens is 1. The minimum atomic E-state index is -0.242. The predicted octanol–water partition coefficient (Wildman–Crippen LogP) is 4.24. The summed E-state index contributed by atoms with van der Waals surface area (Å²) in [5.74, 6) is 0. The molecule has 1 heterocycles. The van der Waals surface area contributed by atoms with Gasteiger partial charge in [-0.25, -0.2) is 0 Å². The molecule has 0 aliphatic carbocycles. The van der Waals surface area contributed by atoms with E-state index in [9.17, 15) is 0 Å². The van der Waals surface area contributed by atoms with Crippen LogP contribution < -0.4 is 5.73 Å². The van der Waals surface area contributed by atoms with E-state index >= 15 is 0 Å². The van der Waals surface area contributed by atoms with E-state index in [2.05, 4.69) is 4.98 Å². The van der Waals surface area contributed by atoms with Gasteiger partial charge in [-0.15, -0.1) is 0 Å². The normalized spacial score (nSPS) is 12.6. The Morgan fingerprint density at radius 1 is 1.10 bits per heavy atom. The number of halogens is 1. The molecule has 0 spiro atoms. The van der Waals surface area contributed by atoms with Gasteiger partial charge in [-0.1, -0.05) is 48.0 Å². The molecular weight excluding hydrogens is 268 g/mol. The van der Waals surface area contributed by atoms with Crippen molar-refractivity contribution in [3.05, 3.63) is 76.4 Å². The molecule has 0 saturated heterocycles. The van der Waals surface area contributed by atoms with E-state index < -0.39 is 0 Å². The Kier molecular flexibility index (Phi) is 3.43. The monoisotopic (exact) mass is 282 g/mol. The summed E-state index contributed by atoms with van der Waals surface area (Å²) in [6.07, 6.45) is 1.79. The third kappa shape index (κ3) is 2.28. The second kappa shape index (κ2) is 5.23. The number of hydrogen-bond acceptors (Lipinski definition) is 2. The van der Waals surface area contributed by atoms with Crippen LogP contribution in [0, 0.1) is 6.92 Å². The van der Waals surface area contributed by atoms with Gasteiger partial charge in [-0.3, -0.25) is 4.98 Å². The first-order chi connectivity index (χ1) is 9.66. The maximum absolute atomic E-state index is 6.36. The van der Waals surface area contributed by atoms with Gasteiger partial charge in [0.2, 0.25) is 0 Å². The summed E-state index contributed by atoms with van der Waals surface area (Å²) in [6, 6.07) is 15.8. The Morgan fingerprint density at radius 2 is 1.95 bits per heavy atom. The van der Waals surface area contributed by atoms with Gasteiger partial charge in [-0.05, 0) is 35.7 Å². The van der Waals surface area contributed by atoms with Crippen molar-refractivity contribution in [2.75, 3.05) is 0 Å². The van der Waals surface area contributed by atoms with E-state index in [1.807, 2.05) is 55.5 Å². The van der Waals surface area contributed by atoms with Crippen LogP contribution in [0.2, 0.25) is 5.02 Å². The zero-order valence-corrected chi connectivity index (χ0v) is 11.9. The van der Waals surface area contributed by atoms with E-state index in [1.54, 1.807) is 6.20 Å². The summed E-state index contributed by atoms with van der Waals surface area (Å²) in [6.45, 7) is 1.99. The molecule has 20 heavy (non-hydrogen) atoms. The van der Waals surface area contributed by atoms with E-state index in [-0.39, 0.29) is 6.04 Å². The highest BCUT2D eigenvalue weighted by atomic mass is 35.5. The molecule has 0 aliphatic rings. The van der Waals surface area contributed by atoms with Gasteiger partial charge in [0.05, 0.1) is 11.6 Å². The largest absolute Gasteiger partial charge is 0.320 e. The smallest absolute Gasteiger partial charge is 0.0705 e. The molecule has 0 bridgehead atoms. The van der Waals surface area contributed by atoms with E-state index in [1.165, 1.54) is 0 Å². The van der Waals surface area contributed by atoms with Crippen LogP contribution >= 0.6 is 11.6 Å². The van der Waals surface area contributed by atoms with Crippen LogP contribution in [0.5, 0.6) is 0 Å². The summed E-state index contributed by atoms with van der Waals surface area (Å²) >= 11 is 6.36. The summed E-state index contributed by atoms with van der Waals surface area (Å²) in [5, 5.41) is 1.85. The van der Waals surface area contributed by atoms with Gasteiger partial charge in [0, 0.05) is 16.6 Å². The lowest BCUT2D eigenvalue weighted by Crippen LogP contribution is -2.12. The van der Waals surface area contributed by atoms with Gasteiger partial charge >= 0.3 is 0 Å². The molecule has 1 unspecified atom stereocenters. The number of benzene rings is 2. The van der Waals surface area contributed by atoms with Crippen molar-refractivity contribution in [2.45, 2.75) is 13.0 Å². The van der Waals surface area contributed by atoms with E-state index in [0.717, 1.165) is 32.6 Å². The molecule has 0 amide bonds. The molecule has 0 radical (unpaired) electrons. The lowest BCUT2D eigenvalue weighted by molar-refractivity contribution is 0.871. The molecule has 2 N–H and O–H groups in total. The van der Waals surface area contributed by atoms with Gasteiger partial charge in [-0.2, -0.15) is 0 Å². The molecule has 0 aliphatic heterocycles. The van der Waals surface area contributed by atoms with Crippen LogP contribution in [0.15, 0.2) is 54.7 Å². The average Bonchev–Trinajstić information content (AvgIpc) is 2.49. The fraction of sp³-hybridized carbons (Fsp3) is 0.118. The van der Waals surface area contributed by atoms with Crippen molar-refractivity contribution in [1.82, 2.24) is 4.98 Å². The molecule has 1 aromatic heterocycles. The SMILES string of the molecule is Cc1cccc(C(N)c2ccc3cccnc3c2)c1Cl. The van der Waals surface area contributed by atoms with Crippen molar-refractivity contribution in [1.29, 1.82) is 0 Å². The van der Waals surface area contributed by atoms with Crippen LogP contribution in [0.25, 0.3) is 10.9 Å². The highest BCUT2D eigenvalue weighted by Crippen LogP contribution is 2.29. The van der Waals surface area contributed by atoms with E-state index in [4.69, 9.17) is 17.3 Å². The van der Waals surface area contributed by atoms with Crippen molar-refractivity contribution >= 4 is 22.5 Å². The summed E-state index contributed by atoms with van der Waals surface area (Å²) in [7, 11) is 0. The molecule has 0 saturated carbocycles. The number of rotatable bonds is 2. The molecule has 0 fully saturated rings. The zero-order valence-electron chi connectivity index (χ0n) is 11.2. The molecule has 3 rings (SSSR count). The summed E-state index contributed by atoms with van der Waals surface area (Å²) < 4.78 is 0. The minimum Gasteiger partial charge on any atom is -0.320 e. The summed E-state index contributed by atoms with van der Waals surface area (Å²) in [4.78, 5) is 4.37. The third-order valence-corrected chi connectivity index (χ3v) is 4.06. The number of nitrogens with zero attached hydrogens (tertiary/aromatic N) is 1. The van der Waals surface area contributed by atoms with E-state index in [0.29, 0.717) is 0 Å². The molecule has 3 aromatic rings. The molecule has 2 aromatic carbocycles. The first-order valence-electron chi connectivity index (χ1n) is 6.52. The number of aryl methyl sites for hydroxylation is 1. The van der Waals surface area contributed by atoms with Gasteiger partial charge < -0.3 is 5.73 Å². The quantitative estimate of drug-likeness (QED) is 0.763. The standard InChI is InChI=1S/C17H15ClN2/c1-11-4-2-6-14(16(11)18)17(19)13-8-7-12-5-3-9-20-15(12)10-13/h2-10,17H,19H2,1H3. The Bertz CT molecular complexity index is 768. The third-order valence-electron chi connectivity index (χ3n) is 3.55. The fourth-order valence-corrected chi connectivity index (χ4v) is 2.61. The number of fused-ring (bicyclic) bond motifs is 1. The lowest BCUT2D eigenvalue weighted by Gasteiger charge is -2.16. The number of hydrogen-bond donors (Lipinski definition) is 1. The zero-order chi connectivity index (χ0) is 14.1. The minimum absolute atomic E-state index is 0.242. The second-order valence-electron chi connectivity index (χ2n) is 4.91. The average molecular weight is 283 g/mol.